The van der Waals surface area contributed by atoms with Crippen molar-refractivity contribution in [2.24, 2.45) is 0 Å². The van der Waals surface area contributed by atoms with Gasteiger partial charge in [0.15, 0.2) is 5.65 Å². The van der Waals surface area contributed by atoms with Crippen LogP contribution < -0.4 is 19.9 Å². The lowest BCUT2D eigenvalue weighted by Gasteiger charge is -2.36. The Labute approximate surface area is 230 Å². The molecule has 1 N–H and O–H groups in total. The molecule has 0 bridgehead atoms. The van der Waals surface area contributed by atoms with Crippen molar-refractivity contribution >= 4 is 22.8 Å². The molecule has 3 fully saturated rings. The Kier molecular flexibility index (Phi) is 7.81. The average molecular weight is 533 g/mol. The van der Waals surface area contributed by atoms with E-state index >= 15 is 0 Å². The Morgan fingerprint density at radius 1 is 0.949 bits per heavy atom. The molecule has 2 aliphatic heterocycles. The Bertz CT molecular complexity index is 1280. The summed E-state index contributed by atoms with van der Waals surface area (Å²) < 4.78 is 17.3. The summed E-state index contributed by atoms with van der Waals surface area (Å²) in [5.41, 5.74) is 3.82. The number of ether oxygens (including phenoxy) is 3. The summed E-state index contributed by atoms with van der Waals surface area (Å²) in [5.74, 6) is 2.55. The van der Waals surface area contributed by atoms with Gasteiger partial charge < -0.3 is 29.3 Å². The maximum absolute atomic E-state index is 5.98. The van der Waals surface area contributed by atoms with E-state index in [1.54, 1.807) is 7.11 Å². The van der Waals surface area contributed by atoms with E-state index in [2.05, 4.69) is 53.2 Å². The van der Waals surface area contributed by atoms with Crippen LogP contribution in [0.4, 0.5) is 11.8 Å². The van der Waals surface area contributed by atoms with E-state index in [1.807, 2.05) is 6.07 Å². The van der Waals surface area contributed by atoms with Gasteiger partial charge in [-0.1, -0.05) is 12.8 Å². The van der Waals surface area contributed by atoms with Crippen molar-refractivity contribution < 1.29 is 14.2 Å². The number of hydrogen-bond donors (Lipinski definition) is 1. The van der Waals surface area contributed by atoms with Crippen LogP contribution in [0.25, 0.3) is 22.3 Å². The Hall–Kier alpha value is -3.01. The zero-order chi connectivity index (χ0) is 26.8. The first kappa shape index (κ1) is 26.2. The molecule has 0 amide bonds. The number of anilines is 2. The monoisotopic (exact) mass is 532 g/mol. The highest BCUT2D eigenvalue weighted by atomic mass is 16.5. The van der Waals surface area contributed by atoms with Crippen molar-refractivity contribution in [2.45, 2.75) is 64.3 Å². The quantitative estimate of drug-likeness (QED) is 0.482. The fraction of sp³-hybridized carbons (Fsp3) is 0.567. The number of nitrogens with one attached hydrogen (secondary N) is 1. The fourth-order valence-electron chi connectivity index (χ4n) is 6.10. The van der Waals surface area contributed by atoms with Gasteiger partial charge in [0.05, 0.1) is 43.6 Å². The molecule has 0 spiro atoms. The topological polar surface area (TPSA) is 84.9 Å². The minimum Gasteiger partial charge on any atom is -0.496 e. The normalized spacial score (nSPS) is 22.5. The summed E-state index contributed by atoms with van der Waals surface area (Å²) in [4.78, 5) is 19.7. The molecule has 2 aromatic heterocycles. The number of nitrogens with zero attached hydrogens (tertiary/aromatic N) is 5. The number of fused-ring (bicyclic) bond motifs is 1. The lowest BCUT2D eigenvalue weighted by Crippen LogP contribution is -2.46. The van der Waals surface area contributed by atoms with Gasteiger partial charge in [0.1, 0.15) is 11.6 Å². The maximum Gasteiger partial charge on any atom is 0.229 e. The van der Waals surface area contributed by atoms with Gasteiger partial charge in [0, 0.05) is 49.9 Å². The van der Waals surface area contributed by atoms with Gasteiger partial charge in [0.25, 0.3) is 0 Å². The van der Waals surface area contributed by atoms with Gasteiger partial charge in [-0.2, -0.15) is 9.97 Å². The van der Waals surface area contributed by atoms with Crippen LogP contribution in [0.3, 0.4) is 0 Å². The van der Waals surface area contributed by atoms with Crippen molar-refractivity contribution in [1.82, 2.24) is 20.3 Å². The van der Waals surface area contributed by atoms with E-state index < -0.39 is 0 Å². The molecule has 4 heterocycles. The van der Waals surface area contributed by atoms with E-state index in [0.717, 1.165) is 66.5 Å². The second-order valence-corrected chi connectivity index (χ2v) is 11.1. The summed E-state index contributed by atoms with van der Waals surface area (Å²) in [7, 11) is 1.74. The van der Waals surface area contributed by atoms with E-state index in [-0.39, 0.29) is 12.2 Å². The SMILES string of the molecule is COc1ccc(-c2ccc3c(N4CCOCC4)nc(N4CC(C)OC(C)C4)nc3n2)cc1CNC1CCCC1. The molecule has 208 valence electrons. The van der Waals surface area contributed by atoms with Crippen LogP contribution in [-0.4, -0.2) is 79.7 Å². The second-order valence-electron chi connectivity index (χ2n) is 11.1. The zero-order valence-corrected chi connectivity index (χ0v) is 23.4. The molecule has 9 heteroatoms. The molecular weight excluding hydrogens is 492 g/mol. The number of morpholine rings is 2. The molecule has 3 aliphatic rings. The lowest BCUT2D eigenvalue weighted by molar-refractivity contribution is -0.00570. The Morgan fingerprint density at radius 2 is 1.72 bits per heavy atom. The number of methoxy groups -OCH3 is 1. The second kappa shape index (κ2) is 11.6. The number of rotatable bonds is 7. The average Bonchev–Trinajstić information content (AvgIpc) is 3.49. The predicted molar refractivity (Wildman–Crippen MR) is 154 cm³/mol. The molecule has 0 radical (unpaired) electrons. The highest BCUT2D eigenvalue weighted by Gasteiger charge is 2.27. The van der Waals surface area contributed by atoms with Crippen LogP contribution in [0.1, 0.15) is 45.1 Å². The highest BCUT2D eigenvalue weighted by Crippen LogP contribution is 2.32. The van der Waals surface area contributed by atoms with Crippen molar-refractivity contribution in [3.8, 4) is 17.0 Å². The molecule has 9 nitrogen and oxygen atoms in total. The predicted octanol–water partition coefficient (Wildman–Crippen LogP) is 4.18. The van der Waals surface area contributed by atoms with Crippen molar-refractivity contribution in [2.75, 3.05) is 56.3 Å². The van der Waals surface area contributed by atoms with Crippen LogP contribution >= 0.6 is 0 Å². The Morgan fingerprint density at radius 3 is 2.46 bits per heavy atom. The molecule has 3 aromatic rings. The van der Waals surface area contributed by atoms with E-state index in [9.17, 15) is 0 Å². The molecule has 2 saturated heterocycles. The minimum absolute atomic E-state index is 0.120. The van der Waals surface area contributed by atoms with Gasteiger partial charge in [-0.25, -0.2) is 4.98 Å². The lowest BCUT2D eigenvalue weighted by atomic mass is 10.1. The van der Waals surface area contributed by atoms with Crippen molar-refractivity contribution in [3.05, 3.63) is 35.9 Å². The third-order valence-electron chi connectivity index (χ3n) is 8.05. The molecule has 1 aromatic carbocycles. The summed E-state index contributed by atoms with van der Waals surface area (Å²) in [6.07, 6.45) is 5.37. The standard InChI is InChI=1S/C30H40N6O3/c1-20-18-36(19-21(2)39-20)30-33-28-25(29(34-30)35-12-14-38-15-13-35)9-10-26(32-28)22-8-11-27(37-3)23(16-22)17-31-24-6-4-5-7-24/h8-11,16,20-21,24,31H,4-7,12-15,17-19H2,1-3H3. The largest absolute Gasteiger partial charge is 0.496 e. The molecule has 39 heavy (non-hydrogen) atoms. The van der Waals surface area contributed by atoms with Crippen LogP contribution in [0.15, 0.2) is 30.3 Å². The van der Waals surface area contributed by atoms with Gasteiger partial charge in [-0.3, -0.25) is 0 Å². The summed E-state index contributed by atoms with van der Waals surface area (Å²) in [6, 6.07) is 11.1. The van der Waals surface area contributed by atoms with Crippen molar-refractivity contribution in [1.29, 1.82) is 0 Å². The van der Waals surface area contributed by atoms with E-state index in [0.29, 0.717) is 30.9 Å². The Balaban J connectivity index is 1.37. The van der Waals surface area contributed by atoms with Crippen LogP contribution in [0.5, 0.6) is 5.75 Å². The first-order valence-corrected chi connectivity index (χ1v) is 14.4. The third-order valence-corrected chi connectivity index (χ3v) is 8.05. The number of benzene rings is 1. The van der Waals surface area contributed by atoms with Gasteiger partial charge in [-0.05, 0) is 57.0 Å². The fourth-order valence-corrected chi connectivity index (χ4v) is 6.10. The zero-order valence-electron chi connectivity index (χ0n) is 23.4. The first-order chi connectivity index (χ1) is 19.1. The van der Waals surface area contributed by atoms with Gasteiger partial charge in [-0.15, -0.1) is 0 Å². The molecule has 6 rings (SSSR count). The molecule has 1 aliphatic carbocycles. The van der Waals surface area contributed by atoms with Gasteiger partial charge >= 0.3 is 0 Å². The minimum atomic E-state index is 0.120. The number of hydrogen-bond acceptors (Lipinski definition) is 9. The van der Waals surface area contributed by atoms with Crippen LogP contribution in [0.2, 0.25) is 0 Å². The highest BCUT2D eigenvalue weighted by molar-refractivity contribution is 5.90. The molecular formula is C30H40N6O3. The molecule has 2 unspecified atom stereocenters. The number of aromatic nitrogens is 3. The summed E-state index contributed by atoms with van der Waals surface area (Å²) >= 11 is 0. The summed E-state index contributed by atoms with van der Waals surface area (Å²) in [5, 5.41) is 4.69. The summed E-state index contributed by atoms with van der Waals surface area (Å²) in [6.45, 7) is 9.51. The molecule has 1 saturated carbocycles. The van der Waals surface area contributed by atoms with Crippen LogP contribution in [0, 0.1) is 0 Å². The first-order valence-electron chi connectivity index (χ1n) is 14.4. The smallest absolute Gasteiger partial charge is 0.229 e. The van der Waals surface area contributed by atoms with Gasteiger partial charge in [0.2, 0.25) is 5.95 Å². The maximum atomic E-state index is 5.98. The van der Waals surface area contributed by atoms with Crippen molar-refractivity contribution in [3.63, 3.8) is 0 Å². The van der Waals surface area contributed by atoms with E-state index in [1.165, 1.54) is 25.7 Å². The molecule has 2 atom stereocenters. The number of pyridine rings is 1. The van der Waals surface area contributed by atoms with Crippen LogP contribution in [-0.2, 0) is 16.0 Å². The van der Waals surface area contributed by atoms with E-state index in [4.69, 9.17) is 29.2 Å². The third kappa shape index (κ3) is 5.81.